The summed E-state index contributed by atoms with van der Waals surface area (Å²) >= 11 is 0. The van der Waals surface area contributed by atoms with E-state index in [9.17, 15) is 5.11 Å². The highest BCUT2D eigenvalue weighted by Crippen LogP contribution is 2.23. The van der Waals surface area contributed by atoms with Crippen LogP contribution in [-0.4, -0.2) is 33.7 Å². The zero-order valence-electron chi connectivity index (χ0n) is 10.8. The highest BCUT2D eigenvalue weighted by Gasteiger charge is 2.25. The molecule has 1 aromatic rings. The summed E-state index contributed by atoms with van der Waals surface area (Å²) in [5, 5.41) is 9.50. The number of likely N-dealkylation sites (tertiary alicyclic amines) is 1. The zero-order chi connectivity index (χ0) is 12.3. The van der Waals surface area contributed by atoms with Crippen LogP contribution in [0.3, 0.4) is 0 Å². The number of rotatable bonds is 4. The Balaban J connectivity index is 1.97. The molecule has 17 heavy (non-hydrogen) atoms. The van der Waals surface area contributed by atoms with Gasteiger partial charge in [-0.25, -0.2) is 0 Å². The van der Waals surface area contributed by atoms with E-state index in [1.165, 1.54) is 24.0 Å². The van der Waals surface area contributed by atoms with Gasteiger partial charge in [-0.1, -0.05) is 6.07 Å². The van der Waals surface area contributed by atoms with Gasteiger partial charge in [0.25, 0.3) is 0 Å². The first-order chi connectivity index (χ1) is 8.15. The Morgan fingerprint density at radius 3 is 3.06 bits per heavy atom. The number of aryl methyl sites for hydroxylation is 1. The molecule has 3 heteroatoms. The Kier molecular flexibility index (Phi) is 4.13. The molecular weight excluding hydrogens is 212 g/mol. The van der Waals surface area contributed by atoms with Gasteiger partial charge in [0.1, 0.15) is 0 Å². The van der Waals surface area contributed by atoms with Gasteiger partial charge < -0.3 is 5.11 Å². The van der Waals surface area contributed by atoms with Crippen molar-refractivity contribution in [1.82, 2.24) is 9.88 Å². The number of nitrogens with zero attached hydrogens (tertiary/aromatic N) is 2. The van der Waals surface area contributed by atoms with E-state index in [0.29, 0.717) is 6.04 Å². The Morgan fingerprint density at radius 1 is 1.53 bits per heavy atom. The third-order valence-corrected chi connectivity index (χ3v) is 3.43. The van der Waals surface area contributed by atoms with E-state index in [4.69, 9.17) is 0 Å². The van der Waals surface area contributed by atoms with Crippen molar-refractivity contribution in [2.24, 2.45) is 0 Å². The van der Waals surface area contributed by atoms with E-state index in [0.717, 1.165) is 19.5 Å². The Bertz CT molecular complexity index is 365. The van der Waals surface area contributed by atoms with Crippen molar-refractivity contribution in [2.45, 2.75) is 51.8 Å². The fourth-order valence-electron chi connectivity index (χ4n) is 2.70. The van der Waals surface area contributed by atoms with Crippen LogP contribution < -0.4 is 0 Å². The highest BCUT2D eigenvalue weighted by molar-refractivity contribution is 5.16. The van der Waals surface area contributed by atoms with Gasteiger partial charge in [-0.15, -0.1) is 0 Å². The third kappa shape index (κ3) is 3.51. The lowest BCUT2D eigenvalue weighted by molar-refractivity contribution is 0.130. The van der Waals surface area contributed by atoms with Gasteiger partial charge in [0.2, 0.25) is 0 Å². The lowest BCUT2D eigenvalue weighted by Crippen LogP contribution is -2.31. The molecule has 1 aliphatic heterocycles. The SMILES string of the molecule is Cc1cncc(CN2CCCC2CC(C)O)c1. The van der Waals surface area contributed by atoms with Gasteiger partial charge in [0, 0.05) is 25.0 Å². The number of hydrogen-bond donors (Lipinski definition) is 1. The maximum absolute atomic E-state index is 9.50. The lowest BCUT2D eigenvalue weighted by atomic mass is 10.1. The molecule has 1 fully saturated rings. The largest absolute Gasteiger partial charge is 0.393 e. The molecule has 2 atom stereocenters. The molecule has 1 saturated heterocycles. The topological polar surface area (TPSA) is 36.4 Å². The highest BCUT2D eigenvalue weighted by atomic mass is 16.3. The van der Waals surface area contributed by atoms with Gasteiger partial charge in [-0.05, 0) is 50.8 Å². The summed E-state index contributed by atoms with van der Waals surface area (Å²) in [6.07, 6.45) is 6.99. The van der Waals surface area contributed by atoms with E-state index >= 15 is 0 Å². The second-order valence-electron chi connectivity index (χ2n) is 5.22. The van der Waals surface area contributed by atoms with Crippen molar-refractivity contribution in [3.8, 4) is 0 Å². The minimum absolute atomic E-state index is 0.198. The summed E-state index contributed by atoms with van der Waals surface area (Å²) in [7, 11) is 0. The van der Waals surface area contributed by atoms with E-state index in [-0.39, 0.29) is 6.10 Å². The third-order valence-electron chi connectivity index (χ3n) is 3.43. The van der Waals surface area contributed by atoms with Crippen molar-refractivity contribution in [3.05, 3.63) is 29.6 Å². The van der Waals surface area contributed by atoms with E-state index in [1.54, 1.807) is 0 Å². The summed E-state index contributed by atoms with van der Waals surface area (Å²) in [6, 6.07) is 2.74. The van der Waals surface area contributed by atoms with Gasteiger partial charge in [-0.3, -0.25) is 9.88 Å². The first-order valence-electron chi connectivity index (χ1n) is 6.48. The van der Waals surface area contributed by atoms with Gasteiger partial charge in [-0.2, -0.15) is 0 Å². The fraction of sp³-hybridized carbons (Fsp3) is 0.643. The summed E-state index contributed by atoms with van der Waals surface area (Å²) in [5.41, 5.74) is 2.50. The van der Waals surface area contributed by atoms with Crippen LogP contribution in [0.5, 0.6) is 0 Å². The van der Waals surface area contributed by atoms with Crippen molar-refractivity contribution in [2.75, 3.05) is 6.54 Å². The average molecular weight is 234 g/mol. The summed E-state index contributed by atoms with van der Waals surface area (Å²) < 4.78 is 0. The molecule has 2 rings (SSSR count). The molecule has 1 aliphatic rings. The summed E-state index contributed by atoms with van der Waals surface area (Å²) in [5.74, 6) is 0. The average Bonchev–Trinajstić information content (AvgIpc) is 2.65. The van der Waals surface area contributed by atoms with Crippen LogP contribution in [0.2, 0.25) is 0 Å². The molecule has 94 valence electrons. The lowest BCUT2D eigenvalue weighted by Gasteiger charge is -2.25. The maximum Gasteiger partial charge on any atom is 0.0527 e. The van der Waals surface area contributed by atoms with E-state index < -0.39 is 0 Å². The Morgan fingerprint density at radius 2 is 2.35 bits per heavy atom. The quantitative estimate of drug-likeness (QED) is 0.867. The minimum Gasteiger partial charge on any atom is -0.393 e. The first kappa shape index (κ1) is 12.5. The maximum atomic E-state index is 9.50. The van der Waals surface area contributed by atoms with E-state index in [2.05, 4.69) is 22.9 Å². The van der Waals surface area contributed by atoms with Crippen molar-refractivity contribution in [1.29, 1.82) is 0 Å². The summed E-state index contributed by atoms with van der Waals surface area (Å²) in [4.78, 5) is 6.71. The molecule has 3 nitrogen and oxygen atoms in total. The van der Waals surface area contributed by atoms with Crippen LogP contribution in [-0.2, 0) is 6.54 Å². The molecule has 0 bridgehead atoms. The van der Waals surface area contributed by atoms with Crippen LogP contribution in [0.15, 0.2) is 18.5 Å². The minimum atomic E-state index is -0.198. The van der Waals surface area contributed by atoms with Crippen LogP contribution >= 0.6 is 0 Å². The molecular formula is C14H22N2O. The predicted octanol–water partition coefficient (Wildman–Crippen LogP) is 2.13. The normalized spacial score (nSPS) is 22.9. The first-order valence-corrected chi connectivity index (χ1v) is 6.48. The molecule has 0 spiro atoms. The van der Waals surface area contributed by atoms with Crippen LogP contribution in [0, 0.1) is 6.92 Å². The molecule has 0 amide bonds. The molecule has 0 radical (unpaired) electrons. The molecule has 2 heterocycles. The van der Waals surface area contributed by atoms with Crippen molar-refractivity contribution in [3.63, 3.8) is 0 Å². The van der Waals surface area contributed by atoms with Crippen LogP contribution in [0.25, 0.3) is 0 Å². The molecule has 0 aliphatic carbocycles. The Labute approximate surface area is 103 Å². The second kappa shape index (κ2) is 5.61. The van der Waals surface area contributed by atoms with E-state index in [1.807, 2.05) is 19.3 Å². The number of aliphatic hydroxyl groups is 1. The molecule has 1 aromatic heterocycles. The smallest absolute Gasteiger partial charge is 0.0527 e. The summed E-state index contributed by atoms with van der Waals surface area (Å²) in [6.45, 7) is 6.07. The van der Waals surface area contributed by atoms with Crippen LogP contribution in [0.1, 0.15) is 37.3 Å². The standard InChI is InChI=1S/C14H22N2O/c1-11-6-13(9-15-8-11)10-16-5-3-4-14(16)7-12(2)17/h6,8-9,12,14,17H,3-5,7,10H2,1-2H3. The Hall–Kier alpha value is -0.930. The number of pyridine rings is 1. The van der Waals surface area contributed by atoms with Crippen LogP contribution in [0.4, 0.5) is 0 Å². The van der Waals surface area contributed by atoms with Gasteiger partial charge in [0.15, 0.2) is 0 Å². The zero-order valence-corrected chi connectivity index (χ0v) is 10.8. The molecule has 2 unspecified atom stereocenters. The monoisotopic (exact) mass is 234 g/mol. The number of hydrogen-bond acceptors (Lipinski definition) is 3. The van der Waals surface area contributed by atoms with Gasteiger partial charge >= 0.3 is 0 Å². The number of aliphatic hydroxyl groups excluding tert-OH is 1. The van der Waals surface area contributed by atoms with Crippen molar-refractivity contribution >= 4 is 0 Å². The number of aromatic nitrogens is 1. The molecule has 0 saturated carbocycles. The van der Waals surface area contributed by atoms with Gasteiger partial charge in [0.05, 0.1) is 6.10 Å². The molecule has 1 N–H and O–H groups in total. The molecule has 0 aromatic carbocycles. The fourth-order valence-corrected chi connectivity index (χ4v) is 2.70. The van der Waals surface area contributed by atoms with Crippen molar-refractivity contribution < 1.29 is 5.11 Å². The predicted molar refractivity (Wildman–Crippen MR) is 68.7 cm³/mol. The second-order valence-corrected chi connectivity index (χ2v) is 5.22.